The van der Waals surface area contributed by atoms with Crippen LogP contribution in [0.4, 0.5) is 0 Å². The average molecular weight is 311 g/mol. The lowest BCUT2D eigenvalue weighted by Crippen LogP contribution is -2.19. The molecule has 15 heavy (non-hydrogen) atoms. The summed E-state index contributed by atoms with van der Waals surface area (Å²) in [5.74, 6) is 0.679. The molecule has 0 spiro atoms. The van der Waals surface area contributed by atoms with Gasteiger partial charge in [-0.05, 0) is 23.8 Å². The molecule has 0 aliphatic rings. The summed E-state index contributed by atoms with van der Waals surface area (Å²) < 4.78 is 11.9. The van der Waals surface area contributed by atoms with E-state index in [1.54, 1.807) is 6.26 Å². The summed E-state index contributed by atoms with van der Waals surface area (Å²) in [6, 6.07) is 5.69. The van der Waals surface area contributed by atoms with E-state index in [9.17, 15) is 4.21 Å². The highest BCUT2D eigenvalue weighted by Gasteiger charge is 2.00. The van der Waals surface area contributed by atoms with Crippen LogP contribution in [0.5, 0.6) is 0 Å². The average Bonchev–Trinajstić information content (AvgIpc) is 2.17. The normalized spacial score (nSPS) is 12.7. The molecule has 1 unspecified atom stereocenters. The summed E-state index contributed by atoms with van der Waals surface area (Å²) in [5, 5.41) is 3.95. The van der Waals surface area contributed by atoms with Crippen LogP contribution >= 0.6 is 27.5 Å². The minimum Gasteiger partial charge on any atom is -0.312 e. The Labute approximate surface area is 106 Å². The molecule has 0 saturated carbocycles. The summed E-state index contributed by atoms with van der Waals surface area (Å²) in [5.41, 5.74) is 1.12. The number of hydrogen-bond donors (Lipinski definition) is 1. The third kappa shape index (κ3) is 5.11. The van der Waals surface area contributed by atoms with E-state index in [0.29, 0.717) is 5.75 Å². The van der Waals surface area contributed by atoms with E-state index in [2.05, 4.69) is 21.2 Å². The molecule has 0 amide bonds. The third-order valence-electron chi connectivity index (χ3n) is 1.89. The van der Waals surface area contributed by atoms with Crippen LogP contribution in [0.2, 0.25) is 5.02 Å². The quantitative estimate of drug-likeness (QED) is 0.847. The maximum atomic E-state index is 10.8. The van der Waals surface area contributed by atoms with Gasteiger partial charge in [-0.15, -0.1) is 0 Å². The van der Waals surface area contributed by atoms with Crippen molar-refractivity contribution in [1.29, 1.82) is 0 Å². The van der Waals surface area contributed by atoms with Crippen LogP contribution in [0.1, 0.15) is 5.56 Å². The van der Waals surface area contributed by atoms with Crippen LogP contribution < -0.4 is 5.32 Å². The molecule has 0 bridgehead atoms. The van der Waals surface area contributed by atoms with Gasteiger partial charge < -0.3 is 5.32 Å². The maximum Gasteiger partial charge on any atom is 0.0410 e. The molecule has 0 radical (unpaired) electrons. The first-order valence-electron chi connectivity index (χ1n) is 4.54. The molecule has 0 fully saturated rings. The lowest BCUT2D eigenvalue weighted by Gasteiger charge is -2.06. The van der Waals surface area contributed by atoms with Gasteiger partial charge in [0.05, 0.1) is 0 Å². The number of benzene rings is 1. The second-order valence-electron chi connectivity index (χ2n) is 3.19. The van der Waals surface area contributed by atoms with Crippen LogP contribution in [0.15, 0.2) is 22.7 Å². The number of hydrogen-bond acceptors (Lipinski definition) is 2. The maximum absolute atomic E-state index is 10.8. The van der Waals surface area contributed by atoms with Crippen LogP contribution in [0.25, 0.3) is 0 Å². The number of rotatable bonds is 5. The molecule has 0 aliphatic carbocycles. The molecule has 2 nitrogen and oxygen atoms in total. The van der Waals surface area contributed by atoms with Crippen molar-refractivity contribution in [2.45, 2.75) is 6.54 Å². The van der Waals surface area contributed by atoms with E-state index in [4.69, 9.17) is 11.6 Å². The van der Waals surface area contributed by atoms with Gasteiger partial charge >= 0.3 is 0 Å². The van der Waals surface area contributed by atoms with Crippen molar-refractivity contribution in [3.63, 3.8) is 0 Å². The van der Waals surface area contributed by atoms with Gasteiger partial charge in [0.2, 0.25) is 0 Å². The second-order valence-corrected chi connectivity index (χ2v) is 6.04. The Morgan fingerprint density at radius 3 is 2.93 bits per heavy atom. The fourth-order valence-corrected chi connectivity index (χ4v) is 2.13. The van der Waals surface area contributed by atoms with Gasteiger partial charge in [0, 0.05) is 45.4 Å². The topological polar surface area (TPSA) is 29.1 Å². The fourth-order valence-electron chi connectivity index (χ4n) is 1.12. The monoisotopic (exact) mass is 309 g/mol. The zero-order chi connectivity index (χ0) is 11.3. The SMILES string of the molecule is CS(=O)CCNCc1cc(Cl)ccc1Br. The van der Waals surface area contributed by atoms with Crippen molar-refractivity contribution in [3.8, 4) is 0 Å². The summed E-state index contributed by atoms with van der Waals surface area (Å²) in [7, 11) is -0.733. The van der Waals surface area contributed by atoms with Gasteiger partial charge in [0.25, 0.3) is 0 Å². The van der Waals surface area contributed by atoms with Crippen molar-refractivity contribution in [3.05, 3.63) is 33.3 Å². The van der Waals surface area contributed by atoms with Gasteiger partial charge in [-0.25, -0.2) is 0 Å². The van der Waals surface area contributed by atoms with Gasteiger partial charge in [-0.1, -0.05) is 27.5 Å². The molecular weight excluding hydrogens is 298 g/mol. The first kappa shape index (κ1) is 13.2. The Morgan fingerprint density at radius 2 is 2.27 bits per heavy atom. The van der Waals surface area contributed by atoms with Crippen molar-refractivity contribution in [2.75, 3.05) is 18.6 Å². The predicted molar refractivity (Wildman–Crippen MR) is 69.8 cm³/mol. The summed E-state index contributed by atoms with van der Waals surface area (Å²) >= 11 is 9.34. The van der Waals surface area contributed by atoms with Crippen LogP contribution in [0.3, 0.4) is 0 Å². The molecule has 84 valence electrons. The first-order chi connectivity index (χ1) is 7.09. The van der Waals surface area contributed by atoms with E-state index >= 15 is 0 Å². The zero-order valence-corrected chi connectivity index (χ0v) is 11.6. The minimum atomic E-state index is -0.733. The third-order valence-corrected chi connectivity index (χ3v) is 3.68. The Bertz CT molecular complexity index is 359. The molecule has 1 aromatic carbocycles. The van der Waals surface area contributed by atoms with Gasteiger partial charge in [-0.2, -0.15) is 0 Å². The standard InChI is InChI=1S/C10H13BrClNOS/c1-15(14)5-4-13-7-8-6-9(12)2-3-10(8)11/h2-3,6,13H,4-5,7H2,1H3. The molecule has 5 heteroatoms. The Balaban J connectivity index is 2.43. The minimum absolute atomic E-state index is 0.679. The van der Waals surface area contributed by atoms with Crippen LogP contribution in [-0.2, 0) is 17.3 Å². The van der Waals surface area contributed by atoms with E-state index in [0.717, 1.165) is 28.1 Å². The van der Waals surface area contributed by atoms with Crippen LogP contribution in [0, 0.1) is 0 Å². The number of nitrogens with one attached hydrogen (secondary N) is 1. The smallest absolute Gasteiger partial charge is 0.0410 e. The van der Waals surface area contributed by atoms with Crippen molar-refractivity contribution in [2.24, 2.45) is 0 Å². The van der Waals surface area contributed by atoms with Crippen molar-refractivity contribution in [1.82, 2.24) is 5.32 Å². The predicted octanol–water partition coefficient (Wildman–Crippen LogP) is 2.57. The van der Waals surface area contributed by atoms with Crippen LogP contribution in [-0.4, -0.2) is 22.8 Å². The van der Waals surface area contributed by atoms with E-state index in [-0.39, 0.29) is 0 Å². The molecule has 1 atom stereocenters. The molecule has 1 aromatic rings. The second kappa shape index (κ2) is 6.63. The molecule has 0 saturated heterocycles. The highest BCUT2D eigenvalue weighted by atomic mass is 79.9. The largest absolute Gasteiger partial charge is 0.312 e. The van der Waals surface area contributed by atoms with Crippen molar-refractivity contribution < 1.29 is 4.21 Å². The lowest BCUT2D eigenvalue weighted by atomic mass is 10.2. The zero-order valence-electron chi connectivity index (χ0n) is 8.43. The van der Waals surface area contributed by atoms with Gasteiger partial charge in [0.15, 0.2) is 0 Å². The lowest BCUT2D eigenvalue weighted by molar-refractivity contribution is 0.676. The molecule has 1 N–H and O–H groups in total. The fraction of sp³-hybridized carbons (Fsp3) is 0.400. The molecule has 0 aliphatic heterocycles. The van der Waals surface area contributed by atoms with E-state index < -0.39 is 10.8 Å². The Kier molecular flexibility index (Phi) is 5.82. The van der Waals surface area contributed by atoms with Gasteiger partial charge in [0.1, 0.15) is 0 Å². The van der Waals surface area contributed by atoms with E-state index in [1.807, 2.05) is 18.2 Å². The van der Waals surface area contributed by atoms with Crippen molar-refractivity contribution >= 4 is 38.3 Å². The summed E-state index contributed by atoms with van der Waals surface area (Å²) in [4.78, 5) is 0. The Morgan fingerprint density at radius 1 is 1.53 bits per heavy atom. The molecule has 1 rings (SSSR count). The highest BCUT2D eigenvalue weighted by molar-refractivity contribution is 9.10. The van der Waals surface area contributed by atoms with Gasteiger partial charge in [-0.3, -0.25) is 4.21 Å². The summed E-state index contributed by atoms with van der Waals surface area (Å²) in [6.45, 7) is 1.49. The number of halogens is 2. The van der Waals surface area contributed by atoms with E-state index in [1.165, 1.54) is 0 Å². The molecule has 0 heterocycles. The first-order valence-corrected chi connectivity index (χ1v) is 7.44. The molecule has 0 aromatic heterocycles. The summed E-state index contributed by atoms with van der Waals surface area (Å²) in [6.07, 6.45) is 1.71. The Hall–Kier alpha value is 0.1000. The highest BCUT2D eigenvalue weighted by Crippen LogP contribution is 2.20. The molecular formula is C10H13BrClNOS.